The van der Waals surface area contributed by atoms with Crippen molar-refractivity contribution < 1.29 is 24.0 Å². The quantitative estimate of drug-likeness (QED) is 0.504. The number of carbonyl (C=O) groups is 1. The Hall–Kier alpha value is -0.650. The second kappa shape index (κ2) is 3.96. The van der Waals surface area contributed by atoms with Crippen LogP contribution >= 0.6 is 0 Å². The van der Waals surface area contributed by atoms with Crippen LogP contribution in [0.5, 0.6) is 0 Å². The highest BCUT2D eigenvalue weighted by molar-refractivity contribution is 5.74. The zero-order valence-corrected chi connectivity index (χ0v) is 12.3. The average molecular weight is 282 g/mol. The minimum absolute atomic E-state index is 0.123. The Kier molecular flexibility index (Phi) is 2.58. The molecule has 0 amide bonds. The molecule has 4 heterocycles. The minimum Gasteiger partial charge on any atom is -0.432 e. The van der Waals surface area contributed by atoms with Gasteiger partial charge in [0.2, 0.25) is 12.1 Å². The number of hydrogen-bond donors (Lipinski definition) is 0. The maximum absolute atomic E-state index is 12.1. The van der Waals surface area contributed by atoms with E-state index in [1.54, 1.807) is 0 Å². The Labute approximate surface area is 118 Å². The normalized spacial score (nSPS) is 57.8. The summed E-state index contributed by atoms with van der Waals surface area (Å²) in [4.78, 5) is 23.7. The molecule has 0 N–H and O–H groups in total. The first-order chi connectivity index (χ1) is 9.46. The number of hydrogen-bond acceptors (Lipinski definition) is 5. The van der Waals surface area contributed by atoms with Crippen LogP contribution in [0.4, 0.5) is 0 Å². The highest BCUT2D eigenvalue weighted by atomic mass is 17.3. The molecular formula is C15H22O5. The molecule has 7 atom stereocenters. The van der Waals surface area contributed by atoms with E-state index < -0.39 is 17.7 Å². The molecule has 1 saturated carbocycles. The van der Waals surface area contributed by atoms with E-state index in [2.05, 4.69) is 6.92 Å². The summed E-state index contributed by atoms with van der Waals surface area (Å²) in [5, 5.41) is 0. The zero-order valence-electron chi connectivity index (χ0n) is 12.3. The Morgan fingerprint density at radius 1 is 1.10 bits per heavy atom. The van der Waals surface area contributed by atoms with E-state index >= 15 is 0 Å². The van der Waals surface area contributed by atoms with Gasteiger partial charge in [-0.3, -0.25) is 4.79 Å². The van der Waals surface area contributed by atoms with Crippen LogP contribution < -0.4 is 0 Å². The first-order valence-corrected chi connectivity index (χ1v) is 7.71. The number of rotatable bonds is 0. The van der Waals surface area contributed by atoms with Crippen molar-refractivity contribution in [3.8, 4) is 0 Å². The number of esters is 1. The van der Waals surface area contributed by atoms with Crippen molar-refractivity contribution in [2.75, 3.05) is 0 Å². The highest BCUT2D eigenvalue weighted by Gasteiger charge is 2.69. The molecule has 0 aromatic heterocycles. The van der Waals surface area contributed by atoms with E-state index in [-0.39, 0.29) is 17.8 Å². The lowest BCUT2D eigenvalue weighted by atomic mass is 9.58. The van der Waals surface area contributed by atoms with Crippen molar-refractivity contribution in [3.05, 3.63) is 0 Å². The molecule has 5 unspecified atom stereocenters. The van der Waals surface area contributed by atoms with Gasteiger partial charge in [0.1, 0.15) is 0 Å². The van der Waals surface area contributed by atoms with Gasteiger partial charge in [-0.15, -0.1) is 0 Å². The maximum Gasteiger partial charge on any atom is 0.311 e. The SMILES string of the molecule is CC1C(=O)OC2OC3(C)CC[C@H]4[C@H](C)CCC1C24OO3. The molecule has 2 bridgehead atoms. The van der Waals surface area contributed by atoms with E-state index in [0.717, 1.165) is 25.7 Å². The first kappa shape index (κ1) is 13.0. The Morgan fingerprint density at radius 3 is 2.70 bits per heavy atom. The van der Waals surface area contributed by atoms with E-state index in [1.165, 1.54) is 0 Å². The molecule has 1 spiro atoms. The second-order valence-corrected chi connectivity index (χ2v) is 7.14. The van der Waals surface area contributed by atoms with Gasteiger partial charge in [0.15, 0.2) is 5.60 Å². The van der Waals surface area contributed by atoms with Crippen molar-refractivity contribution in [3.63, 3.8) is 0 Å². The minimum atomic E-state index is -0.793. The van der Waals surface area contributed by atoms with E-state index in [0.29, 0.717) is 11.8 Å². The smallest absolute Gasteiger partial charge is 0.311 e. The van der Waals surface area contributed by atoms with E-state index in [4.69, 9.17) is 19.2 Å². The van der Waals surface area contributed by atoms with Gasteiger partial charge in [0.05, 0.1) is 5.92 Å². The van der Waals surface area contributed by atoms with Crippen molar-refractivity contribution >= 4 is 5.97 Å². The Balaban J connectivity index is 1.84. The second-order valence-electron chi connectivity index (χ2n) is 7.14. The molecule has 0 radical (unpaired) electrons. The van der Waals surface area contributed by atoms with Crippen molar-refractivity contribution in [1.29, 1.82) is 0 Å². The fraction of sp³-hybridized carbons (Fsp3) is 0.933. The molecule has 20 heavy (non-hydrogen) atoms. The monoisotopic (exact) mass is 282 g/mol. The van der Waals surface area contributed by atoms with Crippen molar-refractivity contribution in [1.82, 2.24) is 0 Å². The summed E-state index contributed by atoms with van der Waals surface area (Å²) < 4.78 is 11.6. The fourth-order valence-electron chi connectivity index (χ4n) is 4.76. The van der Waals surface area contributed by atoms with Crippen LogP contribution in [0.25, 0.3) is 0 Å². The molecular weight excluding hydrogens is 260 g/mol. The summed E-state index contributed by atoms with van der Waals surface area (Å²) in [5.41, 5.74) is -0.610. The largest absolute Gasteiger partial charge is 0.432 e. The maximum atomic E-state index is 12.1. The Bertz CT molecular complexity index is 452. The summed E-state index contributed by atoms with van der Waals surface area (Å²) in [6.07, 6.45) is 3.24. The molecule has 4 saturated heterocycles. The van der Waals surface area contributed by atoms with E-state index in [9.17, 15) is 4.79 Å². The lowest BCUT2D eigenvalue weighted by Gasteiger charge is -2.57. The predicted molar refractivity (Wildman–Crippen MR) is 68.0 cm³/mol. The third kappa shape index (κ3) is 1.46. The van der Waals surface area contributed by atoms with Crippen molar-refractivity contribution in [2.45, 2.75) is 64.1 Å². The summed E-state index contributed by atoms with van der Waals surface area (Å²) in [6, 6.07) is 0. The van der Waals surface area contributed by atoms with Crippen LogP contribution in [0.2, 0.25) is 0 Å². The third-order valence-corrected chi connectivity index (χ3v) is 5.97. The molecule has 5 nitrogen and oxygen atoms in total. The Morgan fingerprint density at radius 2 is 1.90 bits per heavy atom. The highest BCUT2D eigenvalue weighted by Crippen LogP contribution is 2.59. The number of ether oxygens (including phenoxy) is 2. The molecule has 5 heteroatoms. The zero-order chi connectivity index (χ0) is 14.1. The van der Waals surface area contributed by atoms with Crippen LogP contribution in [0.3, 0.4) is 0 Å². The fourth-order valence-corrected chi connectivity index (χ4v) is 4.76. The van der Waals surface area contributed by atoms with Gasteiger partial charge in [-0.2, -0.15) is 0 Å². The number of fused-ring (bicyclic) bond motifs is 2. The van der Waals surface area contributed by atoms with Gasteiger partial charge in [0.25, 0.3) is 0 Å². The standard InChI is InChI=1S/C15H22O5/c1-8-4-5-11-9(2)12(16)17-13-15(11)10(8)6-7-14(3,18-13)19-20-15/h8-11,13H,4-7H2,1-3H3/t8-,9?,10+,11?,13?,14?,15?/m1/s1. The van der Waals surface area contributed by atoms with Crippen LogP contribution in [-0.4, -0.2) is 23.6 Å². The average Bonchev–Trinajstić information content (AvgIpc) is 2.63. The van der Waals surface area contributed by atoms with Crippen LogP contribution in [0, 0.1) is 23.7 Å². The predicted octanol–water partition coefficient (Wildman–Crippen LogP) is 2.39. The molecule has 112 valence electrons. The van der Waals surface area contributed by atoms with Crippen molar-refractivity contribution in [2.24, 2.45) is 23.7 Å². The summed E-state index contributed by atoms with van der Waals surface area (Å²) in [6.45, 7) is 6.06. The van der Waals surface area contributed by atoms with E-state index in [1.807, 2.05) is 13.8 Å². The third-order valence-electron chi connectivity index (χ3n) is 5.97. The number of carbonyl (C=O) groups excluding carboxylic acids is 1. The molecule has 1 aliphatic carbocycles. The first-order valence-electron chi connectivity index (χ1n) is 7.71. The summed E-state index contributed by atoms with van der Waals surface area (Å²) in [5.74, 6) is -0.137. The molecule has 5 aliphatic rings. The van der Waals surface area contributed by atoms with Gasteiger partial charge in [-0.1, -0.05) is 13.8 Å². The molecule has 4 aliphatic heterocycles. The van der Waals surface area contributed by atoms with Gasteiger partial charge in [-0.25, -0.2) is 9.78 Å². The van der Waals surface area contributed by atoms with Gasteiger partial charge in [-0.05, 0) is 32.1 Å². The molecule has 5 rings (SSSR count). The van der Waals surface area contributed by atoms with Crippen LogP contribution in [0.15, 0.2) is 0 Å². The molecule has 5 fully saturated rings. The summed E-state index contributed by atoms with van der Waals surface area (Å²) >= 11 is 0. The van der Waals surface area contributed by atoms with Crippen LogP contribution in [0.1, 0.15) is 46.5 Å². The van der Waals surface area contributed by atoms with Gasteiger partial charge < -0.3 is 9.47 Å². The van der Waals surface area contributed by atoms with Crippen LogP contribution in [-0.2, 0) is 24.0 Å². The topological polar surface area (TPSA) is 54.0 Å². The lowest BCUT2D eigenvalue weighted by molar-refractivity contribution is -0.559. The molecule has 0 aromatic rings. The molecule has 0 aromatic carbocycles. The lowest BCUT2D eigenvalue weighted by Crippen LogP contribution is -2.69. The van der Waals surface area contributed by atoms with Gasteiger partial charge in [0, 0.05) is 18.3 Å². The van der Waals surface area contributed by atoms with Gasteiger partial charge >= 0.3 is 5.97 Å². The summed E-state index contributed by atoms with van der Waals surface area (Å²) in [7, 11) is 0.